The summed E-state index contributed by atoms with van der Waals surface area (Å²) in [5.41, 5.74) is 3.53. The van der Waals surface area contributed by atoms with Crippen molar-refractivity contribution in [2.24, 2.45) is 0 Å². The quantitative estimate of drug-likeness (QED) is 0.679. The van der Waals surface area contributed by atoms with Crippen LogP contribution < -0.4 is 5.32 Å². The van der Waals surface area contributed by atoms with Gasteiger partial charge in [0.1, 0.15) is 12.4 Å². The zero-order chi connectivity index (χ0) is 19.7. The van der Waals surface area contributed by atoms with Crippen LogP contribution in [0.15, 0.2) is 66.7 Å². The maximum absolute atomic E-state index is 14.0. The lowest BCUT2D eigenvalue weighted by Crippen LogP contribution is -2.20. The molecular formula is C22H16FNO4. The van der Waals surface area contributed by atoms with Crippen molar-refractivity contribution < 1.29 is 23.8 Å². The molecule has 140 valence electrons. The van der Waals surface area contributed by atoms with E-state index in [4.69, 9.17) is 9.84 Å². The second-order valence-electron chi connectivity index (χ2n) is 6.42. The lowest BCUT2D eigenvalue weighted by molar-refractivity contribution is 0.0697. The first kappa shape index (κ1) is 17.7. The van der Waals surface area contributed by atoms with Crippen LogP contribution in [-0.2, 0) is 4.74 Å². The van der Waals surface area contributed by atoms with Crippen LogP contribution in [0.3, 0.4) is 0 Å². The Morgan fingerprint density at radius 3 is 2.14 bits per heavy atom. The number of para-hydroxylation sites is 1. The smallest absolute Gasteiger partial charge is 0.411 e. The van der Waals surface area contributed by atoms with Gasteiger partial charge in [-0.1, -0.05) is 54.6 Å². The summed E-state index contributed by atoms with van der Waals surface area (Å²) in [4.78, 5) is 23.5. The summed E-state index contributed by atoms with van der Waals surface area (Å²) >= 11 is 0. The molecule has 3 aromatic carbocycles. The molecule has 0 bridgehead atoms. The first-order chi connectivity index (χ1) is 13.6. The third kappa shape index (κ3) is 3.09. The fraction of sp³-hybridized carbons (Fsp3) is 0.0909. The Balaban J connectivity index is 1.53. The van der Waals surface area contributed by atoms with Gasteiger partial charge in [-0.25, -0.2) is 14.0 Å². The summed E-state index contributed by atoms with van der Waals surface area (Å²) in [5.74, 6) is -2.32. The highest BCUT2D eigenvalue weighted by atomic mass is 19.1. The molecular weight excluding hydrogens is 361 g/mol. The van der Waals surface area contributed by atoms with Crippen LogP contribution in [0.4, 0.5) is 14.9 Å². The van der Waals surface area contributed by atoms with Crippen molar-refractivity contribution >= 4 is 17.7 Å². The number of aromatic carboxylic acids is 1. The van der Waals surface area contributed by atoms with Gasteiger partial charge in [-0.05, 0) is 34.4 Å². The van der Waals surface area contributed by atoms with Crippen molar-refractivity contribution in [2.45, 2.75) is 5.92 Å². The number of fused-ring (bicyclic) bond motifs is 3. The Kier molecular flexibility index (Phi) is 4.53. The fourth-order valence-electron chi connectivity index (χ4n) is 3.57. The maximum Gasteiger partial charge on any atom is 0.411 e. The molecule has 0 spiro atoms. The highest BCUT2D eigenvalue weighted by Crippen LogP contribution is 2.44. The average Bonchev–Trinajstić information content (AvgIpc) is 3.02. The molecule has 0 radical (unpaired) electrons. The Labute approximate surface area is 160 Å². The number of benzene rings is 3. The van der Waals surface area contributed by atoms with Gasteiger partial charge in [0.05, 0.1) is 11.3 Å². The van der Waals surface area contributed by atoms with Gasteiger partial charge in [0.15, 0.2) is 0 Å². The first-order valence-corrected chi connectivity index (χ1v) is 8.70. The molecule has 2 N–H and O–H groups in total. The largest absolute Gasteiger partial charge is 0.478 e. The first-order valence-electron chi connectivity index (χ1n) is 8.70. The van der Waals surface area contributed by atoms with Crippen LogP contribution in [0, 0.1) is 5.82 Å². The molecule has 5 nitrogen and oxygen atoms in total. The minimum absolute atomic E-state index is 0.0523. The number of anilines is 1. The predicted molar refractivity (Wildman–Crippen MR) is 102 cm³/mol. The van der Waals surface area contributed by atoms with E-state index in [-0.39, 0.29) is 18.1 Å². The molecule has 6 heteroatoms. The molecule has 28 heavy (non-hydrogen) atoms. The summed E-state index contributed by atoms with van der Waals surface area (Å²) in [7, 11) is 0. The summed E-state index contributed by atoms with van der Waals surface area (Å²) in [6, 6.07) is 19.3. The van der Waals surface area contributed by atoms with Crippen LogP contribution in [0.1, 0.15) is 27.4 Å². The second-order valence-corrected chi connectivity index (χ2v) is 6.42. The third-order valence-electron chi connectivity index (χ3n) is 4.81. The molecule has 0 aromatic heterocycles. The Hall–Kier alpha value is -3.67. The fourth-order valence-corrected chi connectivity index (χ4v) is 3.57. The molecule has 1 aliphatic rings. The number of amides is 1. The molecule has 1 amide bonds. The molecule has 0 heterocycles. The van der Waals surface area contributed by atoms with E-state index in [1.807, 2.05) is 48.5 Å². The van der Waals surface area contributed by atoms with Gasteiger partial charge in [-0.2, -0.15) is 0 Å². The molecule has 3 aromatic rings. The SMILES string of the molecule is O=C(Nc1c(F)cccc1C(=O)O)OCC1c2ccccc2-c2ccccc21. The Bertz CT molecular complexity index is 1030. The van der Waals surface area contributed by atoms with Gasteiger partial charge >= 0.3 is 12.1 Å². The van der Waals surface area contributed by atoms with Crippen molar-refractivity contribution in [3.63, 3.8) is 0 Å². The number of carboxylic acids is 1. The summed E-state index contributed by atoms with van der Waals surface area (Å²) in [5, 5.41) is 11.4. The lowest BCUT2D eigenvalue weighted by Gasteiger charge is -2.15. The molecule has 0 aliphatic heterocycles. The Morgan fingerprint density at radius 2 is 1.54 bits per heavy atom. The predicted octanol–water partition coefficient (Wildman–Crippen LogP) is 4.88. The third-order valence-corrected chi connectivity index (χ3v) is 4.81. The molecule has 0 unspecified atom stereocenters. The van der Waals surface area contributed by atoms with Crippen LogP contribution in [-0.4, -0.2) is 23.8 Å². The van der Waals surface area contributed by atoms with E-state index >= 15 is 0 Å². The standard InChI is InChI=1S/C22H16FNO4/c23-19-11-5-10-17(21(25)26)20(19)24-22(27)28-12-18-15-8-3-1-6-13(15)14-7-2-4-9-16(14)18/h1-11,18H,12H2,(H,24,27)(H,25,26). The summed E-state index contributed by atoms with van der Waals surface area (Å²) < 4.78 is 19.3. The number of hydrogen-bond acceptors (Lipinski definition) is 3. The normalized spacial score (nSPS) is 12.2. The van der Waals surface area contributed by atoms with Gasteiger partial charge in [-0.3, -0.25) is 5.32 Å². The van der Waals surface area contributed by atoms with Crippen molar-refractivity contribution in [3.05, 3.63) is 89.2 Å². The van der Waals surface area contributed by atoms with E-state index in [2.05, 4.69) is 5.32 Å². The Morgan fingerprint density at radius 1 is 0.929 bits per heavy atom. The molecule has 0 atom stereocenters. The number of carboxylic acid groups (broad SMARTS) is 1. The van der Waals surface area contributed by atoms with Gasteiger partial charge in [0.25, 0.3) is 0 Å². The van der Waals surface area contributed by atoms with Crippen LogP contribution in [0.2, 0.25) is 0 Å². The molecule has 1 aliphatic carbocycles. The lowest BCUT2D eigenvalue weighted by atomic mass is 9.98. The maximum atomic E-state index is 14.0. The number of nitrogens with one attached hydrogen (secondary N) is 1. The molecule has 4 rings (SSSR count). The summed E-state index contributed by atoms with van der Waals surface area (Å²) in [6.45, 7) is 0.0523. The zero-order valence-electron chi connectivity index (χ0n) is 14.7. The average molecular weight is 377 g/mol. The summed E-state index contributed by atoms with van der Waals surface area (Å²) in [6.07, 6.45) is -0.908. The van der Waals surface area contributed by atoms with Crippen molar-refractivity contribution in [1.29, 1.82) is 0 Å². The van der Waals surface area contributed by atoms with Crippen LogP contribution >= 0.6 is 0 Å². The van der Waals surface area contributed by atoms with E-state index < -0.39 is 23.6 Å². The van der Waals surface area contributed by atoms with Gasteiger partial charge < -0.3 is 9.84 Å². The number of hydrogen-bond donors (Lipinski definition) is 2. The van der Waals surface area contributed by atoms with E-state index in [9.17, 15) is 14.0 Å². The molecule has 0 saturated carbocycles. The zero-order valence-corrected chi connectivity index (χ0v) is 14.7. The number of carbonyl (C=O) groups excluding carboxylic acids is 1. The van der Waals surface area contributed by atoms with E-state index in [1.54, 1.807) is 0 Å². The van der Waals surface area contributed by atoms with E-state index in [1.165, 1.54) is 12.1 Å². The number of carbonyl (C=O) groups is 2. The number of halogens is 1. The number of rotatable bonds is 4. The van der Waals surface area contributed by atoms with E-state index in [0.717, 1.165) is 28.3 Å². The van der Waals surface area contributed by atoms with Crippen LogP contribution in [0.5, 0.6) is 0 Å². The topological polar surface area (TPSA) is 75.6 Å². The number of ether oxygens (including phenoxy) is 1. The van der Waals surface area contributed by atoms with Crippen molar-refractivity contribution in [2.75, 3.05) is 11.9 Å². The van der Waals surface area contributed by atoms with Gasteiger partial charge in [0, 0.05) is 5.92 Å². The minimum Gasteiger partial charge on any atom is -0.478 e. The molecule has 0 fully saturated rings. The molecule has 0 saturated heterocycles. The minimum atomic E-state index is -1.34. The van der Waals surface area contributed by atoms with E-state index in [0.29, 0.717) is 0 Å². The second kappa shape index (κ2) is 7.15. The van der Waals surface area contributed by atoms with Gasteiger partial charge in [0.2, 0.25) is 0 Å². The van der Waals surface area contributed by atoms with Crippen LogP contribution in [0.25, 0.3) is 11.1 Å². The van der Waals surface area contributed by atoms with Gasteiger partial charge in [-0.15, -0.1) is 0 Å². The highest BCUT2D eigenvalue weighted by molar-refractivity contribution is 5.98. The highest BCUT2D eigenvalue weighted by Gasteiger charge is 2.29. The van der Waals surface area contributed by atoms with Crippen molar-refractivity contribution in [3.8, 4) is 11.1 Å². The van der Waals surface area contributed by atoms with Crippen molar-refractivity contribution in [1.82, 2.24) is 0 Å². The monoisotopic (exact) mass is 377 g/mol.